The average molecular weight is 386 g/mol. The Morgan fingerprint density at radius 1 is 1.43 bits per heavy atom. The normalized spacial score (nSPS) is 57.5. The highest BCUT2D eigenvalue weighted by molar-refractivity contribution is 5.99. The molecule has 1 heterocycles. The highest BCUT2D eigenvalue weighted by atomic mass is 16.6. The number of Topliss-reactive ketones (excluding diaryl/α,β-unsaturated/α-hetero) is 1. The number of carbonyl (C=O) groups excluding carboxylic acids is 1. The van der Waals surface area contributed by atoms with E-state index in [0.29, 0.717) is 13.0 Å². The minimum absolute atomic E-state index is 0.109. The Labute approximate surface area is 165 Å². The van der Waals surface area contributed by atoms with E-state index in [2.05, 4.69) is 17.2 Å². The molecule has 6 aliphatic rings. The van der Waals surface area contributed by atoms with E-state index >= 15 is 0 Å². The number of rotatable bonds is 4. The molecule has 0 aromatic heterocycles. The van der Waals surface area contributed by atoms with Crippen molar-refractivity contribution >= 4 is 12.1 Å². The number of nitrogens with zero attached hydrogens (tertiary/aromatic N) is 1. The van der Waals surface area contributed by atoms with Crippen LogP contribution in [-0.2, 0) is 9.53 Å². The number of aliphatic hydroxyl groups is 2. The fraction of sp³-hybridized carbons (Fsp3) is 0.818. The number of aliphatic hydroxyl groups excluding tert-OH is 1. The molecule has 5 fully saturated rings. The molecule has 5 aliphatic carbocycles. The fourth-order valence-corrected chi connectivity index (χ4v) is 8.71. The minimum atomic E-state index is -0.944. The van der Waals surface area contributed by atoms with Crippen molar-refractivity contribution in [2.24, 2.45) is 39.5 Å². The summed E-state index contributed by atoms with van der Waals surface area (Å²) in [6.45, 7) is 6.72. The number of hydrogen-bond donors (Lipinski definition) is 3. The number of fused-ring (bicyclic) bond motifs is 1. The van der Waals surface area contributed by atoms with E-state index in [1.807, 2.05) is 13.8 Å². The van der Waals surface area contributed by atoms with E-state index in [1.54, 1.807) is 13.4 Å². The molecule has 4 saturated carbocycles. The van der Waals surface area contributed by atoms with Gasteiger partial charge >= 0.3 is 0 Å². The first kappa shape index (κ1) is 17.6. The van der Waals surface area contributed by atoms with Gasteiger partial charge in [-0.3, -0.25) is 9.79 Å². The van der Waals surface area contributed by atoms with Crippen molar-refractivity contribution < 1.29 is 19.7 Å². The van der Waals surface area contributed by atoms with Crippen LogP contribution in [0.15, 0.2) is 16.1 Å². The first-order chi connectivity index (χ1) is 13.3. The number of aliphatic imine (C=N–C) groups is 1. The van der Waals surface area contributed by atoms with E-state index in [-0.39, 0.29) is 46.4 Å². The molecule has 28 heavy (non-hydrogen) atoms. The second-order valence-corrected chi connectivity index (χ2v) is 10.4. The third-order valence-corrected chi connectivity index (χ3v) is 9.54. The summed E-state index contributed by atoms with van der Waals surface area (Å²) < 4.78 is 6.25. The maximum atomic E-state index is 13.5. The Hall–Kier alpha value is -1.24. The van der Waals surface area contributed by atoms with E-state index in [4.69, 9.17) is 4.74 Å². The van der Waals surface area contributed by atoms with Crippen molar-refractivity contribution in [3.8, 4) is 0 Å². The molecule has 3 spiro atoms. The van der Waals surface area contributed by atoms with Gasteiger partial charge in [0.15, 0.2) is 11.4 Å². The van der Waals surface area contributed by atoms with Crippen molar-refractivity contribution in [1.82, 2.24) is 5.32 Å². The lowest BCUT2D eigenvalue weighted by Crippen LogP contribution is -2.66. The van der Waals surface area contributed by atoms with Crippen LogP contribution in [0.5, 0.6) is 0 Å². The smallest absolute Gasteiger partial charge is 0.173 e. The molecular weight excluding hydrogens is 356 g/mol. The molecule has 3 unspecified atom stereocenters. The molecule has 1 aliphatic heterocycles. The summed E-state index contributed by atoms with van der Waals surface area (Å²) in [5.41, 5.74) is -0.00515. The standard InChI is InChI=1S/C22H30N2O4/c1-10(2)14-16(25)15-17-19-6-5-11(3)12(8-24-9-23-4)20(19,27)7-13-22(28-13,18(14)26)21(15,17)19/h9-10,13-17,25,27H,5-8H2,1-4H3,(H,23,24)/t13-,14?,15?,16+,17?,19+,20+,21+,22+/m0/s1. The molecule has 3 N–H and O–H groups in total. The fourth-order valence-electron chi connectivity index (χ4n) is 8.71. The first-order valence-corrected chi connectivity index (χ1v) is 10.7. The Bertz CT molecular complexity index is 867. The SMILES string of the molecule is CN=CNCC1=C(C)CC[C@@]23C4C5[C@H](O)C(C(C)C)C(=O)[C@@]6(O[C@H]6C[C@@]12O)[C@]543. The van der Waals surface area contributed by atoms with Crippen LogP contribution in [0.2, 0.25) is 0 Å². The van der Waals surface area contributed by atoms with Crippen LogP contribution in [0.4, 0.5) is 0 Å². The van der Waals surface area contributed by atoms with Gasteiger partial charge in [-0.25, -0.2) is 0 Å². The number of hydrogen-bond acceptors (Lipinski definition) is 5. The van der Waals surface area contributed by atoms with Crippen LogP contribution < -0.4 is 5.32 Å². The van der Waals surface area contributed by atoms with E-state index in [9.17, 15) is 15.0 Å². The van der Waals surface area contributed by atoms with Gasteiger partial charge in [0.25, 0.3) is 0 Å². The van der Waals surface area contributed by atoms with Crippen LogP contribution in [0.3, 0.4) is 0 Å². The van der Waals surface area contributed by atoms with Crippen LogP contribution >= 0.6 is 0 Å². The second-order valence-electron chi connectivity index (χ2n) is 10.4. The van der Waals surface area contributed by atoms with Gasteiger partial charge in [-0.1, -0.05) is 19.4 Å². The molecule has 6 nitrogen and oxygen atoms in total. The molecule has 0 aromatic rings. The van der Waals surface area contributed by atoms with Gasteiger partial charge in [0, 0.05) is 36.8 Å². The van der Waals surface area contributed by atoms with Gasteiger partial charge < -0.3 is 20.3 Å². The first-order valence-electron chi connectivity index (χ1n) is 10.7. The molecule has 0 aromatic carbocycles. The molecule has 0 radical (unpaired) electrons. The molecule has 0 bridgehead atoms. The van der Waals surface area contributed by atoms with E-state index in [0.717, 1.165) is 18.4 Å². The number of ether oxygens (including phenoxy) is 1. The van der Waals surface area contributed by atoms with Crippen LogP contribution in [0.25, 0.3) is 0 Å². The summed E-state index contributed by atoms with van der Waals surface area (Å²) in [6, 6.07) is 0. The van der Waals surface area contributed by atoms with Gasteiger partial charge in [-0.2, -0.15) is 0 Å². The molecule has 6 rings (SSSR count). The maximum Gasteiger partial charge on any atom is 0.173 e. The van der Waals surface area contributed by atoms with Crippen molar-refractivity contribution in [1.29, 1.82) is 0 Å². The lowest BCUT2D eigenvalue weighted by atomic mass is 9.48. The number of allylic oxidation sites excluding steroid dienone is 1. The predicted molar refractivity (Wildman–Crippen MR) is 103 cm³/mol. The summed E-state index contributed by atoms with van der Waals surface area (Å²) in [5, 5.41) is 26.4. The summed E-state index contributed by atoms with van der Waals surface area (Å²) in [7, 11) is 1.72. The topological polar surface area (TPSA) is 94.5 Å². The summed E-state index contributed by atoms with van der Waals surface area (Å²) in [6.07, 6.45) is 3.20. The monoisotopic (exact) mass is 386 g/mol. The number of ketones is 1. The predicted octanol–water partition coefficient (Wildman–Crippen LogP) is 1.06. The van der Waals surface area contributed by atoms with Crippen molar-refractivity contribution in [3.05, 3.63) is 11.1 Å². The van der Waals surface area contributed by atoms with Crippen LogP contribution in [0.1, 0.15) is 40.0 Å². The Balaban J connectivity index is 1.44. The molecule has 6 heteroatoms. The van der Waals surface area contributed by atoms with Gasteiger partial charge in [0.2, 0.25) is 0 Å². The summed E-state index contributed by atoms with van der Waals surface area (Å²) in [4.78, 5) is 17.5. The van der Waals surface area contributed by atoms with Gasteiger partial charge in [-0.15, -0.1) is 0 Å². The Morgan fingerprint density at radius 3 is 2.86 bits per heavy atom. The molecule has 9 atom stereocenters. The molecular formula is C22H30N2O4. The number of epoxide rings is 1. The van der Waals surface area contributed by atoms with Crippen molar-refractivity contribution in [2.75, 3.05) is 13.6 Å². The Morgan fingerprint density at radius 2 is 2.18 bits per heavy atom. The van der Waals surface area contributed by atoms with Crippen molar-refractivity contribution in [3.63, 3.8) is 0 Å². The van der Waals surface area contributed by atoms with Crippen LogP contribution in [0, 0.1) is 34.5 Å². The lowest BCUT2D eigenvalue weighted by Gasteiger charge is -2.56. The Kier molecular flexibility index (Phi) is 2.98. The third kappa shape index (κ3) is 1.38. The second kappa shape index (κ2) is 4.73. The zero-order valence-electron chi connectivity index (χ0n) is 17.0. The van der Waals surface area contributed by atoms with Gasteiger partial charge in [0.05, 0.1) is 24.1 Å². The minimum Gasteiger partial charge on any atom is -0.392 e. The number of nitrogens with one attached hydrogen (secondary N) is 1. The largest absolute Gasteiger partial charge is 0.392 e. The number of carbonyl (C=O) groups is 1. The zero-order valence-corrected chi connectivity index (χ0v) is 17.0. The summed E-state index contributed by atoms with van der Waals surface area (Å²) in [5.74, 6) is 0.209. The third-order valence-electron chi connectivity index (χ3n) is 9.54. The van der Waals surface area contributed by atoms with Crippen molar-refractivity contribution in [2.45, 2.75) is 63.4 Å². The lowest BCUT2D eigenvalue weighted by molar-refractivity contribution is -0.163. The summed E-state index contributed by atoms with van der Waals surface area (Å²) >= 11 is 0. The molecule has 1 saturated heterocycles. The van der Waals surface area contributed by atoms with E-state index < -0.39 is 17.3 Å². The zero-order chi connectivity index (χ0) is 19.9. The average Bonchev–Trinajstić information content (AvgIpc) is 3.51. The van der Waals surface area contributed by atoms with Crippen LogP contribution in [-0.4, -0.2) is 59.3 Å². The maximum absolute atomic E-state index is 13.5. The van der Waals surface area contributed by atoms with Gasteiger partial charge in [-0.05, 0) is 43.1 Å². The quantitative estimate of drug-likeness (QED) is 0.291. The van der Waals surface area contributed by atoms with E-state index in [1.165, 1.54) is 5.57 Å². The highest BCUT2D eigenvalue weighted by Gasteiger charge is 3.12. The molecule has 0 amide bonds. The molecule has 152 valence electrons. The highest BCUT2D eigenvalue weighted by Crippen LogP contribution is 3.05. The van der Waals surface area contributed by atoms with Gasteiger partial charge in [0.1, 0.15) is 0 Å².